The fourth-order valence-corrected chi connectivity index (χ4v) is 2.78. The van der Waals surface area contributed by atoms with Crippen LogP contribution in [0.5, 0.6) is 0 Å². The van der Waals surface area contributed by atoms with Crippen molar-refractivity contribution in [1.29, 1.82) is 0 Å². The molecule has 0 heterocycles. The Morgan fingerprint density at radius 1 is 1.11 bits per heavy atom. The zero-order valence-electron chi connectivity index (χ0n) is 12.9. The van der Waals surface area contributed by atoms with Crippen molar-refractivity contribution in [3.05, 3.63) is 0 Å². The predicted molar refractivity (Wildman–Crippen MR) is 79.8 cm³/mol. The normalized spacial score (nSPS) is 18.7. The molecule has 0 aromatic rings. The van der Waals surface area contributed by atoms with Crippen LogP contribution in [0.1, 0.15) is 39.5 Å². The highest BCUT2D eigenvalue weighted by atomic mass is 15.2. The average molecular weight is 255 g/mol. The van der Waals surface area contributed by atoms with Crippen molar-refractivity contribution < 1.29 is 0 Å². The maximum Gasteiger partial charge on any atom is 0.0109 e. The molecule has 2 N–H and O–H groups in total. The third kappa shape index (κ3) is 5.25. The summed E-state index contributed by atoms with van der Waals surface area (Å²) in [6.07, 6.45) is 5.39. The molecular weight excluding hydrogens is 222 g/mol. The Hall–Kier alpha value is -0.120. The number of rotatable bonds is 9. The lowest BCUT2D eigenvalue weighted by Gasteiger charge is -2.42. The van der Waals surface area contributed by atoms with E-state index in [0.717, 1.165) is 19.0 Å². The monoisotopic (exact) mass is 255 g/mol. The molecule has 0 aromatic heterocycles. The average Bonchev–Trinajstić information content (AvgIpc) is 2.23. The maximum absolute atomic E-state index is 5.95. The van der Waals surface area contributed by atoms with Gasteiger partial charge in [-0.1, -0.05) is 20.3 Å². The lowest BCUT2D eigenvalue weighted by molar-refractivity contribution is 0.0997. The molecule has 1 aliphatic rings. The van der Waals surface area contributed by atoms with Gasteiger partial charge >= 0.3 is 0 Å². The van der Waals surface area contributed by atoms with Gasteiger partial charge in [0.1, 0.15) is 0 Å². The van der Waals surface area contributed by atoms with E-state index in [-0.39, 0.29) is 0 Å². The Balaban J connectivity index is 2.34. The third-order valence-electron chi connectivity index (χ3n) is 4.29. The highest BCUT2D eigenvalue weighted by molar-refractivity contribution is 4.89. The smallest absolute Gasteiger partial charge is 0.0109 e. The van der Waals surface area contributed by atoms with Gasteiger partial charge in [0.15, 0.2) is 0 Å². The Kier molecular flexibility index (Phi) is 6.61. The van der Waals surface area contributed by atoms with Crippen molar-refractivity contribution in [1.82, 2.24) is 9.80 Å². The second-order valence-electron chi connectivity index (χ2n) is 6.81. The van der Waals surface area contributed by atoms with Crippen LogP contribution in [0.25, 0.3) is 0 Å². The summed E-state index contributed by atoms with van der Waals surface area (Å²) in [5, 5.41) is 0. The predicted octanol–water partition coefficient (Wildman–Crippen LogP) is 2.03. The topological polar surface area (TPSA) is 32.5 Å². The number of hydrogen-bond donors (Lipinski definition) is 1. The van der Waals surface area contributed by atoms with E-state index in [1.54, 1.807) is 0 Å². The number of nitrogens with zero attached hydrogens (tertiary/aromatic N) is 2. The number of hydrogen-bond acceptors (Lipinski definition) is 3. The van der Waals surface area contributed by atoms with Gasteiger partial charge in [-0.2, -0.15) is 0 Å². The minimum absolute atomic E-state index is 0.493. The molecule has 0 saturated heterocycles. The largest absolute Gasteiger partial charge is 0.330 e. The molecule has 0 spiro atoms. The summed E-state index contributed by atoms with van der Waals surface area (Å²) in [4.78, 5) is 4.90. The molecule has 0 aliphatic heterocycles. The highest BCUT2D eigenvalue weighted by Crippen LogP contribution is 2.42. The number of likely N-dealkylation sites (N-methyl/N-ethyl adjacent to an activating group) is 1. The summed E-state index contributed by atoms with van der Waals surface area (Å²) in [7, 11) is 4.31. The molecular formula is C15H33N3. The maximum atomic E-state index is 5.95. The molecule has 1 saturated carbocycles. The van der Waals surface area contributed by atoms with E-state index in [2.05, 4.69) is 37.7 Å². The van der Waals surface area contributed by atoms with Gasteiger partial charge in [0.05, 0.1) is 0 Å². The van der Waals surface area contributed by atoms with Gasteiger partial charge in [-0.15, -0.1) is 0 Å². The van der Waals surface area contributed by atoms with Crippen molar-refractivity contribution in [2.24, 2.45) is 17.1 Å². The Bertz CT molecular complexity index is 216. The molecule has 0 atom stereocenters. The molecule has 0 aromatic carbocycles. The minimum Gasteiger partial charge on any atom is -0.330 e. The fraction of sp³-hybridized carbons (Fsp3) is 1.00. The first-order valence-corrected chi connectivity index (χ1v) is 7.54. The van der Waals surface area contributed by atoms with Crippen LogP contribution in [-0.2, 0) is 0 Å². The summed E-state index contributed by atoms with van der Waals surface area (Å²) in [5.74, 6) is 0.752. The van der Waals surface area contributed by atoms with Crippen LogP contribution in [0, 0.1) is 11.3 Å². The molecule has 0 radical (unpaired) electrons. The Labute approximate surface area is 114 Å². The van der Waals surface area contributed by atoms with Crippen molar-refractivity contribution in [3.8, 4) is 0 Å². The molecule has 108 valence electrons. The van der Waals surface area contributed by atoms with E-state index in [4.69, 9.17) is 5.73 Å². The first-order valence-electron chi connectivity index (χ1n) is 7.54. The van der Waals surface area contributed by atoms with E-state index < -0.39 is 0 Å². The van der Waals surface area contributed by atoms with Gasteiger partial charge < -0.3 is 15.5 Å². The van der Waals surface area contributed by atoms with Crippen molar-refractivity contribution in [2.75, 3.05) is 46.8 Å². The summed E-state index contributed by atoms with van der Waals surface area (Å²) in [6.45, 7) is 10.3. The van der Waals surface area contributed by atoms with E-state index in [9.17, 15) is 0 Å². The van der Waals surface area contributed by atoms with Crippen LogP contribution in [0.15, 0.2) is 0 Å². The van der Waals surface area contributed by atoms with E-state index in [1.165, 1.54) is 45.3 Å². The zero-order valence-corrected chi connectivity index (χ0v) is 12.9. The molecule has 1 fully saturated rings. The van der Waals surface area contributed by atoms with Gasteiger partial charge in [-0.05, 0) is 57.8 Å². The molecule has 0 unspecified atom stereocenters. The van der Waals surface area contributed by atoms with Crippen molar-refractivity contribution >= 4 is 0 Å². The van der Waals surface area contributed by atoms with Gasteiger partial charge in [-0.25, -0.2) is 0 Å². The van der Waals surface area contributed by atoms with E-state index >= 15 is 0 Å². The quantitative estimate of drug-likeness (QED) is 0.684. The molecule has 0 amide bonds. The van der Waals surface area contributed by atoms with Crippen LogP contribution < -0.4 is 5.73 Å². The summed E-state index contributed by atoms with van der Waals surface area (Å²) >= 11 is 0. The second kappa shape index (κ2) is 7.46. The second-order valence-corrected chi connectivity index (χ2v) is 6.81. The third-order valence-corrected chi connectivity index (χ3v) is 4.29. The minimum atomic E-state index is 0.493. The van der Waals surface area contributed by atoms with Crippen LogP contribution >= 0.6 is 0 Å². The van der Waals surface area contributed by atoms with Gasteiger partial charge in [0, 0.05) is 19.6 Å². The molecule has 18 heavy (non-hydrogen) atoms. The zero-order chi connectivity index (χ0) is 13.6. The van der Waals surface area contributed by atoms with E-state index in [1.807, 2.05) is 0 Å². The molecule has 3 heteroatoms. The van der Waals surface area contributed by atoms with Gasteiger partial charge in [0.2, 0.25) is 0 Å². The standard InChI is InChI=1S/C15H33N3/c1-14(2)12-18(11-10-17(3)4)9-8-15(13-16)6-5-7-15/h14H,5-13,16H2,1-4H3. The molecule has 3 nitrogen and oxygen atoms in total. The number of nitrogens with two attached hydrogens (primary N) is 1. The summed E-state index contributed by atoms with van der Waals surface area (Å²) in [6, 6.07) is 0. The molecule has 0 bridgehead atoms. The van der Waals surface area contributed by atoms with Gasteiger partial charge in [-0.3, -0.25) is 0 Å². The SMILES string of the molecule is CC(C)CN(CCN(C)C)CCC1(CN)CCC1. The van der Waals surface area contributed by atoms with Crippen LogP contribution in [0.4, 0.5) is 0 Å². The Morgan fingerprint density at radius 3 is 2.17 bits per heavy atom. The Morgan fingerprint density at radius 2 is 1.78 bits per heavy atom. The van der Waals surface area contributed by atoms with Crippen LogP contribution in [0.2, 0.25) is 0 Å². The highest BCUT2D eigenvalue weighted by Gasteiger charge is 2.35. The van der Waals surface area contributed by atoms with Crippen molar-refractivity contribution in [3.63, 3.8) is 0 Å². The molecule has 1 aliphatic carbocycles. The van der Waals surface area contributed by atoms with Crippen molar-refractivity contribution in [2.45, 2.75) is 39.5 Å². The lowest BCUT2D eigenvalue weighted by Crippen LogP contribution is -2.42. The summed E-state index contributed by atoms with van der Waals surface area (Å²) in [5.41, 5.74) is 6.45. The molecule has 1 rings (SSSR count). The van der Waals surface area contributed by atoms with Gasteiger partial charge in [0.25, 0.3) is 0 Å². The van der Waals surface area contributed by atoms with Crippen LogP contribution in [-0.4, -0.2) is 56.6 Å². The van der Waals surface area contributed by atoms with Crippen LogP contribution in [0.3, 0.4) is 0 Å². The lowest BCUT2D eigenvalue weighted by atomic mass is 9.66. The fourth-order valence-electron chi connectivity index (χ4n) is 2.78. The summed E-state index contributed by atoms with van der Waals surface area (Å²) < 4.78 is 0. The van der Waals surface area contributed by atoms with E-state index in [0.29, 0.717) is 5.41 Å². The first-order chi connectivity index (χ1) is 8.47. The first kappa shape index (κ1) is 15.9.